The molecule has 0 atom stereocenters. The molecular formula is C15H21N5O. The number of nitrogens with zero attached hydrogens (tertiary/aromatic N) is 4. The number of hydrogen-bond acceptors (Lipinski definition) is 6. The number of hydrogen-bond donors (Lipinski definition) is 1. The first-order chi connectivity index (χ1) is 10.2. The van der Waals surface area contributed by atoms with E-state index in [-0.39, 0.29) is 0 Å². The van der Waals surface area contributed by atoms with Crippen molar-refractivity contribution in [3.63, 3.8) is 0 Å². The zero-order chi connectivity index (χ0) is 15.1. The summed E-state index contributed by atoms with van der Waals surface area (Å²) in [7, 11) is 5.50. The number of likely N-dealkylation sites (N-methyl/N-ethyl adjacent to an activating group) is 1. The first kappa shape index (κ1) is 15.2. The Labute approximate surface area is 125 Å². The van der Waals surface area contributed by atoms with Gasteiger partial charge in [0, 0.05) is 52.1 Å². The van der Waals surface area contributed by atoms with Gasteiger partial charge in [-0.25, -0.2) is 9.97 Å². The molecule has 0 saturated carbocycles. The molecule has 0 unspecified atom stereocenters. The van der Waals surface area contributed by atoms with Gasteiger partial charge < -0.3 is 15.0 Å². The van der Waals surface area contributed by atoms with Gasteiger partial charge in [-0.3, -0.25) is 4.98 Å². The van der Waals surface area contributed by atoms with Crippen LogP contribution in [0, 0.1) is 0 Å². The lowest BCUT2D eigenvalue weighted by atomic mass is 10.2. The average molecular weight is 287 g/mol. The van der Waals surface area contributed by atoms with Gasteiger partial charge in [0.2, 0.25) is 0 Å². The van der Waals surface area contributed by atoms with E-state index in [4.69, 9.17) is 4.74 Å². The standard InChI is InChI=1S/C15H21N5O/c1-16-13-10-15(19-14(18-13)11-21-3)20(2)9-7-12-6-4-5-8-17-12/h4-6,8,10H,7,9,11H2,1-3H3,(H,16,18,19). The Kier molecular flexibility index (Phi) is 5.45. The molecule has 0 saturated heterocycles. The summed E-state index contributed by atoms with van der Waals surface area (Å²) < 4.78 is 5.11. The molecule has 0 radical (unpaired) electrons. The summed E-state index contributed by atoms with van der Waals surface area (Å²) in [6, 6.07) is 7.89. The molecule has 6 nitrogen and oxygen atoms in total. The second-order valence-electron chi connectivity index (χ2n) is 4.70. The molecule has 0 aliphatic carbocycles. The summed E-state index contributed by atoms with van der Waals surface area (Å²) in [4.78, 5) is 15.3. The van der Waals surface area contributed by atoms with Crippen LogP contribution in [0.5, 0.6) is 0 Å². The normalized spacial score (nSPS) is 10.4. The molecule has 0 fully saturated rings. The van der Waals surface area contributed by atoms with Crippen LogP contribution in [-0.4, -0.2) is 42.7 Å². The Morgan fingerprint density at radius 1 is 1.29 bits per heavy atom. The van der Waals surface area contributed by atoms with E-state index in [0.29, 0.717) is 12.4 Å². The van der Waals surface area contributed by atoms with Gasteiger partial charge >= 0.3 is 0 Å². The SMILES string of the molecule is CNc1cc(N(C)CCc2ccccn2)nc(COC)n1. The minimum absolute atomic E-state index is 0.399. The van der Waals surface area contributed by atoms with Crippen LogP contribution in [0.3, 0.4) is 0 Å². The van der Waals surface area contributed by atoms with E-state index in [9.17, 15) is 0 Å². The number of ether oxygens (including phenoxy) is 1. The molecule has 112 valence electrons. The maximum Gasteiger partial charge on any atom is 0.158 e. The smallest absolute Gasteiger partial charge is 0.158 e. The third kappa shape index (κ3) is 4.39. The van der Waals surface area contributed by atoms with Gasteiger partial charge in [-0.1, -0.05) is 6.07 Å². The minimum Gasteiger partial charge on any atom is -0.377 e. The first-order valence-corrected chi connectivity index (χ1v) is 6.88. The largest absolute Gasteiger partial charge is 0.377 e. The predicted molar refractivity (Wildman–Crippen MR) is 83.5 cm³/mol. The Morgan fingerprint density at radius 2 is 2.14 bits per heavy atom. The zero-order valence-electron chi connectivity index (χ0n) is 12.7. The number of methoxy groups -OCH3 is 1. The van der Waals surface area contributed by atoms with Crippen LogP contribution in [0.1, 0.15) is 11.5 Å². The van der Waals surface area contributed by atoms with Crippen molar-refractivity contribution in [2.75, 3.05) is 38.0 Å². The number of anilines is 2. The van der Waals surface area contributed by atoms with Crippen molar-refractivity contribution >= 4 is 11.6 Å². The highest BCUT2D eigenvalue weighted by Crippen LogP contribution is 2.15. The lowest BCUT2D eigenvalue weighted by Gasteiger charge is -2.19. The molecule has 0 aliphatic heterocycles. The Hall–Kier alpha value is -2.21. The Morgan fingerprint density at radius 3 is 2.81 bits per heavy atom. The van der Waals surface area contributed by atoms with Crippen molar-refractivity contribution in [2.45, 2.75) is 13.0 Å². The maximum atomic E-state index is 5.11. The second-order valence-corrected chi connectivity index (χ2v) is 4.70. The van der Waals surface area contributed by atoms with Crippen LogP contribution in [0.4, 0.5) is 11.6 Å². The highest BCUT2D eigenvalue weighted by atomic mass is 16.5. The summed E-state index contributed by atoms with van der Waals surface area (Å²) in [5, 5.41) is 3.05. The molecule has 0 amide bonds. The third-order valence-corrected chi connectivity index (χ3v) is 3.11. The van der Waals surface area contributed by atoms with Crippen LogP contribution >= 0.6 is 0 Å². The van der Waals surface area contributed by atoms with E-state index in [1.165, 1.54) is 0 Å². The molecular weight excluding hydrogens is 266 g/mol. The summed E-state index contributed by atoms with van der Waals surface area (Å²) in [6.45, 7) is 1.24. The lowest BCUT2D eigenvalue weighted by molar-refractivity contribution is 0.178. The van der Waals surface area contributed by atoms with Crippen molar-refractivity contribution in [1.29, 1.82) is 0 Å². The highest BCUT2D eigenvalue weighted by molar-refractivity contribution is 5.48. The van der Waals surface area contributed by atoms with Gasteiger partial charge in [-0.2, -0.15) is 0 Å². The fourth-order valence-electron chi connectivity index (χ4n) is 1.94. The number of pyridine rings is 1. The lowest BCUT2D eigenvalue weighted by Crippen LogP contribution is -2.22. The molecule has 2 aromatic rings. The minimum atomic E-state index is 0.399. The summed E-state index contributed by atoms with van der Waals surface area (Å²) in [5.74, 6) is 2.33. The van der Waals surface area contributed by atoms with Gasteiger partial charge in [-0.15, -0.1) is 0 Å². The molecule has 2 heterocycles. The Balaban J connectivity index is 2.07. The van der Waals surface area contributed by atoms with Crippen molar-refractivity contribution < 1.29 is 4.74 Å². The van der Waals surface area contributed by atoms with Crippen LogP contribution in [-0.2, 0) is 17.8 Å². The molecule has 0 aliphatic rings. The van der Waals surface area contributed by atoms with Crippen LogP contribution in [0.25, 0.3) is 0 Å². The van der Waals surface area contributed by atoms with Gasteiger partial charge in [-0.05, 0) is 12.1 Å². The first-order valence-electron chi connectivity index (χ1n) is 6.88. The van der Waals surface area contributed by atoms with E-state index < -0.39 is 0 Å². The fourth-order valence-corrected chi connectivity index (χ4v) is 1.94. The molecule has 6 heteroatoms. The topological polar surface area (TPSA) is 63.2 Å². The van der Waals surface area contributed by atoms with Gasteiger partial charge in [0.1, 0.15) is 18.2 Å². The number of aromatic nitrogens is 3. The summed E-state index contributed by atoms with van der Waals surface area (Å²) >= 11 is 0. The summed E-state index contributed by atoms with van der Waals surface area (Å²) in [5.41, 5.74) is 1.07. The van der Waals surface area contributed by atoms with E-state index in [2.05, 4.69) is 25.2 Å². The predicted octanol–water partition coefficient (Wildman–Crippen LogP) is 1.74. The zero-order valence-corrected chi connectivity index (χ0v) is 12.7. The molecule has 2 rings (SSSR count). The van der Waals surface area contributed by atoms with E-state index in [1.807, 2.05) is 44.6 Å². The average Bonchev–Trinajstić information content (AvgIpc) is 2.53. The van der Waals surface area contributed by atoms with Gasteiger partial charge in [0.05, 0.1) is 0 Å². The van der Waals surface area contributed by atoms with Crippen molar-refractivity contribution in [3.05, 3.63) is 42.0 Å². The van der Waals surface area contributed by atoms with E-state index in [0.717, 1.165) is 30.3 Å². The van der Waals surface area contributed by atoms with E-state index in [1.54, 1.807) is 7.11 Å². The monoisotopic (exact) mass is 287 g/mol. The summed E-state index contributed by atoms with van der Waals surface area (Å²) in [6.07, 6.45) is 2.69. The van der Waals surface area contributed by atoms with Gasteiger partial charge in [0.15, 0.2) is 5.82 Å². The third-order valence-electron chi connectivity index (χ3n) is 3.11. The molecule has 0 bridgehead atoms. The van der Waals surface area contributed by atoms with Crippen LogP contribution < -0.4 is 10.2 Å². The number of rotatable bonds is 7. The molecule has 21 heavy (non-hydrogen) atoms. The van der Waals surface area contributed by atoms with Crippen LogP contribution in [0.2, 0.25) is 0 Å². The van der Waals surface area contributed by atoms with Crippen molar-refractivity contribution in [2.24, 2.45) is 0 Å². The van der Waals surface area contributed by atoms with Crippen LogP contribution in [0.15, 0.2) is 30.5 Å². The fraction of sp³-hybridized carbons (Fsp3) is 0.400. The van der Waals surface area contributed by atoms with Crippen molar-refractivity contribution in [3.8, 4) is 0 Å². The highest BCUT2D eigenvalue weighted by Gasteiger charge is 2.08. The maximum absolute atomic E-state index is 5.11. The molecule has 1 N–H and O–H groups in total. The number of nitrogens with one attached hydrogen (secondary N) is 1. The molecule has 0 aromatic carbocycles. The van der Waals surface area contributed by atoms with E-state index >= 15 is 0 Å². The molecule has 2 aromatic heterocycles. The quantitative estimate of drug-likeness (QED) is 0.837. The van der Waals surface area contributed by atoms with Gasteiger partial charge in [0.25, 0.3) is 0 Å². The van der Waals surface area contributed by atoms with Crippen molar-refractivity contribution in [1.82, 2.24) is 15.0 Å². The Bertz CT molecular complexity index is 561. The molecule has 0 spiro atoms. The second kappa shape index (κ2) is 7.54.